The summed E-state index contributed by atoms with van der Waals surface area (Å²) in [6.45, 7) is 3.69. The average molecular weight is 214 g/mol. The standard InChI is InChI=1S/C14H14O2/c1-9-7-8-11-5-3-4-6-12(11)13(9)10(2)14(15)16/h3-8,10H,1-2H3,(H,15,16). The lowest BCUT2D eigenvalue weighted by atomic mass is 9.91. The molecule has 1 N–H and O–H groups in total. The molecule has 0 aliphatic carbocycles. The Morgan fingerprint density at radius 3 is 2.56 bits per heavy atom. The van der Waals surface area contributed by atoms with Gasteiger partial charge in [-0.25, -0.2) is 0 Å². The first kappa shape index (κ1) is 10.7. The Kier molecular flexibility index (Phi) is 2.65. The summed E-state index contributed by atoms with van der Waals surface area (Å²) in [5, 5.41) is 11.3. The zero-order valence-electron chi connectivity index (χ0n) is 9.40. The Morgan fingerprint density at radius 1 is 1.19 bits per heavy atom. The maximum absolute atomic E-state index is 11.1. The molecule has 16 heavy (non-hydrogen) atoms. The third kappa shape index (κ3) is 1.67. The molecule has 1 atom stereocenters. The molecule has 2 rings (SSSR count). The summed E-state index contributed by atoms with van der Waals surface area (Å²) >= 11 is 0. The van der Waals surface area contributed by atoms with Gasteiger partial charge in [-0.1, -0.05) is 36.4 Å². The number of hydrogen-bond acceptors (Lipinski definition) is 1. The van der Waals surface area contributed by atoms with E-state index in [1.54, 1.807) is 6.92 Å². The molecule has 0 aliphatic rings. The number of carboxylic acids is 1. The van der Waals surface area contributed by atoms with Crippen LogP contribution in [-0.2, 0) is 4.79 Å². The first-order valence-electron chi connectivity index (χ1n) is 5.32. The van der Waals surface area contributed by atoms with Crippen LogP contribution in [0.5, 0.6) is 0 Å². The van der Waals surface area contributed by atoms with Gasteiger partial charge in [-0.3, -0.25) is 4.79 Å². The van der Waals surface area contributed by atoms with Crippen LogP contribution in [0.25, 0.3) is 10.8 Å². The summed E-state index contributed by atoms with van der Waals surface area (Å²) in [7, 11) is 0. The number of hydrogen-bond donors (Lipinski definition) is 1. The maximum Gasteiger partial charge on any atom is 0.310 e. The van der Waals surface area contributed by atoms with E-state index in [1.165, 1.54) is 0 Å². The summed E-state index contributed by atoms with van der Waals surface area (Å²) < 4.78 is 0. The van der Waals surface area contributed by atoms with Crippen LogP contribution in [-0.4, -0.2) is 11.1 Å². The van der Waals surface area contributed by atoms with Gasteiger partial charge in [0.25, 0.3) is 0 Å². The molecule has 0 spiro atoms. The molecule has 0 saturated heterocycles. The molecule has 82 valence electrons. The molecule has 0 aromatic heterocycles. The minimum atomic E-state index is -0.778. The number of benzene rings is 2. The second-order valence-electron chi connectivity index (χ2n) is 4.08. The third-order valence-corrected chi connectivity index (χ3v) is 2.99. The summed E-state index contributed by atoms with van der Waals surface area (Å²) in [4.78, 5) is 11.1. The van der Waals surface area contributed by atoms with Gasteiger partial charge in [0.1, 0.15) is 0 Å². The molecule has 2 aromatic carbocycles. The van der Waals surface area contributed by atoms with Gasteiger partial charge in [-0.15, -0.1) is 0 Å². The summed E-state index contributed by atoms with van der Waals surface area (Å²) in [6.07, 6.45) is 0. The van der Waals surface area contributed by atoms with E-state index in [0.717, 1.165) is 21.9 Å². The van der Waals surface area contributed by atoms with Crippen LogP contribution in [0.1, 0.15) is 24.0 Å². The summed E-state index contributed by atoms with van der Waals surface area (Å²) in [5.41, 5.74) is 1.96. The van der Waals surface area contributed by atoms with Gasteiger partial charge in [0, 0.05) is 0 Å². The quantitative estimate of drug-likeness (QED) is 0.832. The van der Waals surface area contributed by atoms with Crippen LogP contribution >= 0.6 is 0 Å². The van der Waals surface area contributed by atoms with E-state index in [-0.39, 0.29) is 0 Å². The van der Waals surface area contributed by atoms with E-state index in [2.05, 4.69) is 0 Å². The van der Waals surface area contributed by atoms with E-state index in [0.29, 0.717) is 0 Å². The largest absolute Gasteiger partial charge is 0.481 e. The number of fused-ring (bicyclic) bond motifs is 1. The van der Waals surface area contributed by atoms with Crippen molar-refractivity contribution in [3.63, 3.8) is 0 Å². The minimum absolute atomic E-state index is 0.467. The zero-order valence-corrected chi connectivity index (χ0v) is 9.40. The van der Waals surface area contributed by atoms with Crippen LogP contribution in [0.2, 0.25) is 0 Å². The molecular weight excluding hydrogens is 200 g/mol. The van der Waals surface area contributed by atoms with Crippen molar-refractivity contribution < 1.29 is 9.90 Å². The predicted molar refractivity (Wildman–Crippen MR) is 64.7 cm³/mol. The van der Waals surface area contributed by atoms with Gasteiger partial charge >= 0.3 is 5.97 Å². The zero-order chi connectivity index (χ0) is 11.7. The highest BCUT2D eigenvalue weighted by Gasteiger charge is 2.18. The fraction of sp³-hybridized carbons (Fsp3) is 0.214. The van der Waals surface area contributed by atoms with E-state index in [1.807, 2.05) is 43.3 Å². The number of aliphatic carboxylic acids is 1. The highest BCUT2D eigenvalue weighted by atomic mass is 16.4. The average Bonchev–Trinajstić information content (AvgIpc) is 2.28. The molecule has 2 aromatic rings. The normalized spacial score (nSPS) is 12.6. The van der Waals surface area contributed by atoms with E-state index >= 15 is 0 Å². The predicted octanol–water partition coefficient (Wildman–Crippen LogP) is 3.34. The maximum atomic E-state index is 11.1. The van der Waals surface area contributed by atoms with Crippen LogP contribution in [0.3, 0.4) is 0 Å². The molecule has 0 heterocycles. The van der Waals surface area contributed by atoms with Crippen molar-refractivity contribution in [3.05, 3.63) is 47.5 Å². The van der Waals surface area contributed by atoms with Crippen LogP contribution in [0.4, 0.5) is 0 Å². The van der Waals surface area contributed by atoms with Crippen molar-refractivity contribution in [2.45, 2.75) is 19.8 Å². The molecule has 2 heteroatoms. The number of carbonyl (C=O) groups is 1. The van der Waals surface area contributed by atoms with Crippen molar-refractivity contribution in [2.24, 2.45) is 0 Å². The van der Waals surface area contributed by atoms with Crippen LogP contribution < -0.4 is 0 Å². The van der Waals surface area contributed by atoms with Gasteiger partial charge in [-0.2, -0.15) is 0 Å². The highest BCUT2D eigenvalue weighted by Crippen LogP contribution is 2.28. The number of carboxylic acid groups (broad SMARTS) is 1. The fourth-order valence-corrected chi connectivity index (χ4v) is 2.10. The Morgan fingerprint density at radius 2 is 1.88 bits per heavy atom. The Hall–Kier alpha value is -1.83. The first-order valence-corrected chi connectivity index (χ1v) is 5.32. The second-order valence-corrected chi connectivity index (χ2v) is 4.08. The molecule has 0 fully saturated rings. The molecule has 0 saturated carbocycles. The van der Waals surface area contributed by atoms with Gasteiger partial charge in [0.05, 0.1) is 5.92 Å². The highest BCUT2D eigenvalue weighted by molar-refractivity contribution is 5.91. The lowest BCUT2D eigenvalue weighted by molar-refractivity contribution is -0.138. The first-order chi connectivity index (χ1) is 7.61. The number of rotatable bonds is 2. The topological polar surface area (TPSA) is 37.3 Å². The smallest absolute Gasteiger partial charge is 0.310 e. The van der Waals surface area contributed by atoms with Gasteiger partial charge in [0.15, 0.2) is 0 Å². The summed E-state index contributed by atoms with van der Waals surface area (Å²) in [6, 6.07) is 11.9. The van der Waals surface area contributed by atoms with Gasteiger partial charge < -0.3 is 5.11 Å². The minimum Gasteiger partial charge on any atom is -0.481 e. The van der Waals surface area contributed by atoms with Crippen molar-refractivity contribution in [3.8, 4) is 0 Å². The van der Waals surface area contributed by atoms with Crippen molar-refractivity contribution in [1.29, 1.82) is 0 Å². The molecule has 1 unspecified atom stereocenters. The fourth-order valence-electron chi connectivity index (χ4n) is 2.10. The van der Waals surface area contributed by atoms with Crippen molar-refractivity contribution in [1.82, 2.24) is 0 Å². The Balaban J connectivity index is 2.75. The van der Waals surface area contributed by atoms with Crippen molar-refractivity contribution in [2.75, 3.05) is 0 Å². The van der Waals surface area contributed by atoms with Gasteiger partial charge in [-0.05, 0) is 35.7 Å². The third-order valence-electron chi connectivity index (χ3n) is 2.99. The molecule has 0 aliphatic heterocycles. The van der Waals surface area contributed by atoms with Crippen LogP contribution in [0.15, 0.2) is 36.4 Å². The van der Waals surface area contributed by atoms with Gasteiger partial charge in [0.2, 0.25) is 0 Å². The molecular formula is C14H14O2. The molecule has 0 bridgehead atoms. The lowest BCUT2D eigenvalue weighted by Gasteiger charge is -2.13. The number of aryl methyl sites for hydroxylation is 1. The van der Waals surface area contributed by atoms with Crippen LogP contribution in [0, 0.1) is 6.92 Å². The monoisotopic (exact) mass is 214 g/mol. The Labute approximate surface area is 94.5 Å². The Bertz CT molecular complexity index is 543. The summed E-state index contributed by atoms with van der Waals surface area (Å²) in [5.74, 6) is -1.24. The lowest BCUT2D eigenvalue weighted by Crippen LogP contribution is -2.09. The van der Waals surface area contributed by atoms with Crippen molar-refractivity contribution >= 4 is 16.7 Å². The SMILES string of the molecule is Cc1ccc2ccccc2c1C(C)C(=O)O. The molecule has 2 nitrogen and oxygen atoms in total. The second kappa shape index (κ2) is 3.97. The molecule has 0 radical (unpaired) electrons. The molecule has 0 amide bonds. The van der Waals surface area contributed by atoms with E-state index in [9.17, 15) is 4.79 Å². The van der Waals surface area contributed by atoms with E-state index in [4.69, 9.17) is 5.11 Å². The van der Waals surface area contributed by atoms with E-state index < -0.39 is 11.9 Å².